The molecule has 0 aromatic carbocycles. The number of fused-ring (bicyclic) bond motifs is 2. The Hall–Kier alpha value is -1.08. The molecule has 5 nitrogen and oxygen atoms in total. The van der Waals surface area contributed by atoms with Crippen LogP contribution < -0.4 is 0 Å². The fourth-order valence-electron chi connectivity index (χ4n) is 3.35. The van der Waals surface area contributed by atoms with Gasteiger partial charge in [0.15, 0.2) is 5.65 Å². The normalized spacial score (nSPS) is 19.9. The van der Waals surface area contributed by atoms with E-state index in [0.29, 0.717) is 0 Å². The van der Waals surface area contributed by atoms with E-state index in [9.17, 15) is 0 Å². The number of pyridine rings is 2. The average Bonchev–Trinajstić information content (AvgIpc) is 2.59. The molecule has 23 heavy (non-hydrogen) atoms. The minimum absolute atomic E-state index is 0.855. The molecule has 2 aliphatic heterocycles. The van der Waals surface area contributed by atoms with Crippen molar-refractivity contribution >= 4 is 27.0 Å². The number of aromatic nitrogens is 2. The van der Waals surface area contributed by atoms with E-state index < -0.39 is 0 Å². The summed E-state index contributed by atoms with van der Waals surface area (Å²) < 4.78 is 6.42. The molecule has 0 aliphatic carbocycles. The van der Waals surface area contributed by atoms with Crippen LogP contribution in [0.3, 0.4) is 0 Å². The van der Waals surface area contributed by atoms with E-state index in [2.05, 4.69) is 42.8 Å². The van der Waals surface area contributed by atoms with Crippen LogP contribution >= 0.6 is 15.9 Å². The van der Waals surface area contributed by atoms with Crippen LogP contribution in [0.4, 0.5) is 0 Å². The molecule has 2 aromatic rings. The van der Waals surface area contributed by atoms with Gasteiger partial charge >= 0.3 is 0 Å². The second-order valence-electron chi connectivity index (χ2n) is 6.27. The molecule has 2 aromatic heterocycles. The zero-order valence-corrected chi connectivity index (χ0v) is 14.8. The molecule has 1 saturated heterocycles. The van der Waals surface area contributed by atoms with E-state index in [1.807, 2.05) is 6.20 Å². The summed E-state index contributed by atoms with van der Waals surface area (Å²) in [4.78, 5) is 14.2. The number of hydrogen-bond acceptors (Lipinski definition) is 5. The van der Waals surface area contributed by atoms with Gasteiger partial charge in [-0.25, -0.2) is 9.97 Å². The zero-order chi connectivity index (χ0) is 15.6. The minimum atomic E-state index is 0.855. The molecule has 6 heteroatoms. The monoisotopic (exact) mass is 376 g/mol. The van der Waals surface area contributed by atoms with Gasteiger partial charge in [0.05, 0.1) is 13.2 Å². The number of hydrogen-bond donors (Lipinski definition) is 0. The van der Waals surface area contributed by atoms with Gasteiger partial charge in [0.2, 0.25) is 0 Å². The Bertz CT molecular complexity index is 702. The molecule has 0 bridgehead atoms. The van der Waals surface area contributed by atoms with E-state index in [4.69, 9.17) is 9.72 Å². The number of halogens is 1. The summed E-state index contributed by atoms with van der Waals surface area (Å²) in [6.07, 6.45) is 2.84. The molecule has 4 heterocycles. The van der Waals surface area contributed by atoms with Gasteiger partial charge in [0.25, 0.3) is 0 Å². The van der Waals surface area contributed by atoms with Gasteiger partial charge in [-0.1, -0.05) is 0 Å². The van der Waals surface area contributed by atoms with Gasteiger partial charge < -0.3 is 4.74 Å². The molecular formula is C17H21BrN4O. The predicted molar refractivity (Wildman–Crippen MR) is 93.5 cm³/mol. The second-order valence-corrected chi connectivity index (χ2v) is 7.19. The average molecular weight is 377 g/mol. The Balaban J connectivity index is 1.45. The third kappa shape index (κ3) is 3.55. The standard InChI is InChI=1S/C17H21BrN4O/c18-15-10-13-9-14-12-22(4-3-21-5-7-23-8-6-21)2-1-16(14)20-17(13)19-11-15/h9-11H,1-8,12H2. The van der Waals surface area contributed by atoms with Crippen molar-refractivity contribution in [3.8, 4) is 0 Å². The Kier molecular flexibility index (Phi) is 4.57. The summed E-state index contributed by atoms with van der Waals surface area (Å²) in [6.45, 7) is 8.22. The fraction of sp³-hybridized carbons (Fsp3) is 0.529. The van der Waals surface area contributed by atoms with Crippen molar-refractivity contribution in [1.29, 1.82) is 0 Å². The van der Waals surface area contributed by atoms with E-state index in [1.54, 1.807) is 0 Å². The first-order valence-electron chi connectivity index (χ1n) is 8.24. The van der Waals surface area contributed by atoms with Crippen molar-refractivity contribution in [2.75, 3.05) is 45.9 Å². The van der Waals surface area contributed by atoms with Crippen molar-refractivity contribution < 1.29 is 4.74 Å². The molecule has 0 spiro atoms. The third-order valence-electron chi connectivity index (χ3n) is 4.70. The van der Waals surface area contributed by atoms with Gasteiger partial charge in [-0.05, 0) is 33.6 Å². The van der Waals surface area contributed by atoms with Crippen molar-refractivity contribution in [1.82, 2.24) is 19.8 Å². The fourth-order valence-corrected chi connectivity index (χ4v) is 3.70. The van der Waals surface area contributed by atoms with Crippen LogP contribution in [-0.4, -0.2) is 65.7 Å². The zero-order valence-electron chi connectivity index (χ0n) is 13.2. The molecule has 2 aliphatic rings. The highest BCUT2D eigenvalue weighted by molar-refractivity contribution is 9.10. The second kappa shape index (κ2) is 6.81. The summed E-state index contributed by atoms with van der Waals surface area (Å²) >= 11 is 3.49. The maximum Gasteiger partial charge on any atom is 0.159 e. The van der Waals surface area contributed by atoms with E-state index in [-0.39, 0.29) is 0 Å². The molecule has 0 N–H and O–H groups in total. The highest BCUT2D eigenvalue weighted by Crippen LogP contribution is 2.23. The van der Waals surface area contributed by atoms with Crippen LogP contribution in [-0.2, 0) is 17.7 Å². The van der Waals surface area contributed by atoms with Gasteiger partial charge in [-0.15, -0.1) is 0 Å². The van der Waals surface area contributed by atoms with Crippen LogP contribution in [0.5, 0.6) is 0 Å². The number of rotatable bonds is 3. The van der Waals surface area contributed by atoms with Crippen molar-refractivity contribution in [3.63, 3.8) is 0 Å². The topological polar surface area (TPSA) is 41.5 Å². The van der Waals surface area contributed by atoms with Gasteiger partial charge in [-0.3, -0.25) is 9.80 Å². The van der Waals surface area contributed by atoms with Crippen LogP contribution in [0.25, 0.3) is 11.0 Å². The highest BCUT2D eigenvalue weighted by atomic mass is 79.9. The Morgan fingerprint density at radius 2 is 1.91 bits per heavy atom. The third-order valence-corrected chi connectivity index (χ3v) is 5.13. The quantitative estimate of drug-likeness (QED) is 0.820. The molecule has 0 unspecified atom stereocenters. The van der Waals surface area contributed by atoms with Crippen LogP contribution in [0.1, 0.15) is 11.3 Å². The Labute approximate surface area is 144 Å². The van der Waals surface area contributed by atoms with Crippen LogP contribution in [0.2, 0.25) is 0 Å². The summed E-state index contributed by atoms with van der Waals surface area (Å²) in [5, 5.41) is 1.12. The summed E-state index contributed by atoms with van der Waals surface area (Å²) in [6, 6.07) is 4.36. The minimum Gasteiger partial charge on any atom is -0.379 e. The summed E-state index contributed by atoms with van der Waals surface area (Å²) in [5.41, 5.74) is 3.43. The van der Waals surface area contributed by atoms with E-state index in [1.165, 1.54) is 11.3 Å². The van der Waals surface area contributed by atoms with Crippen molar-refractivity contribution in [2.45, 2.75) is 13.0 Å². The number of ether oxygens (including phenoxy) is 1. The lowest BCUT2D eigenvalue weighted by Gasteiger charge is -2.32. The molecule has 0 saturated carbocycles. The van der Waals surface area contributed by atoms with E-state index >= 15 is 0 Å². The van der Waals surface area contributed by atoms with Crippen molar-refractivity contribution in [2.24, 2.45) is 0 Å². The molecule has 4 rings (SSSR count). The Morgan fingerprint density at radius 3 is 2.78 bits per heavy atom. The maximum absolute atomic E-state index is 5.42. The maximum atomic E-state index is 5.42. The molecule has 0 atom stereocenters. The lowest BCUT2D eigenvalue weighted by atomic mass is 10.0. The summed E-state index contributed by atoms with van der Waals surface area (Å²) in [7, 11) is 0. The lowest BCUT2D eigenvalue weighted by Crippen LogP contribution is -2.42. The number of nitrogens with zero attached hydrogens (tertiary/aromatic N) is 4. The Morgan fingerprint density at radius 1 is 1.09 bits per heavy atom. The first-order chi connectivity index (χ1) is 11.3. The molecule has 122 valence electrons. The van der Waals surface area contributed by atoms with Crippen LogP contribution in [0.15, 0.2) is 22.8 Å². The van der Waals surface area contributed by atoms with Gasteiger partial charge in [0, 0.05) is 67.4 Å². The number of morpholine rings is 1. The van der Waals surface area contributed by atoms with Crippen LogP contribution in [0, 0.1) is 0 Å². The van der Waals surface area contributed by atoms with Gasteiger partial charge in [-0.2, -0.15) is 0 Å². The molecular weight excluding hydrogens is 356 g/mol. The smallest absolute Gasteiger partial charge is 0.159 e. The highest BCUT2D eigenvalue weighted by Gasteiger charge is 2.19. The predicted octanol–water partition coefficient (Wildman–Crippen LogP) is 2.08. The first kappa shape index (κ1) is 15.4. The summed E-state index contributed by atoms with van der Waals surface area (Å²) in [5.74, 6) is 0. The first-order valence-corrected chi connectivity index (χ1v) is 9.04. The molecule has 1 fully saturated rings. The van der Waals surface area contributed by atoms with E-state index in [0.717, 1.165) is 74.4 Å². The molecule has 0 radical (unpaired) electrons. The van der Waals surface area contributed by atoms with Crippen molar-refractivity contribution in [3.05, 3.63) is 34.1 Å². The SMILES string of the molecule is Brc1cnc2nc3c(cc2c1)CN(CCN1CCOCC1)CC3. The molecule has 0 amide bonds. The largest absolute Gasteiger partial charge is 0.379 e. The van der Waals surface area contributed by atoms with Gasteiger partial charge in [0.1, 0.15) is 0 Å². The lowest BCUT2D eigenvalue weighted by molar-refractivity contribution is 0.0326.